The van der Waals surface area contributed by atoms with Crippen LogP contribution in [0, 0.1) is 5.41 Å². The summed E-state index contributed by atoms with van der Waals surface area (Å²) in [5.41, 5.74) is 5.18. The number of fused-ring (bicyclic) bond motifs is 2. The van der Waals surface area contributed by atoms with Crippen molar-refractivity contribution < 1.29 is 0 Å². The molecular formula is C19H24N4S. The molecule has 0 saturated heterocycles. The number of thiazole rings is 1. The number of nitrogens with zero attached hydrogens (tertiary/aromatic N) is 3. The lowest BCUT2D eigenvalue weighted by Crippen LogP contribution is -2.20. The van der Waals surface area contributed by atoms with Gasteiger partial charge in [-0.1, -0.05) is 26.8 Å². The summed E-state index contributed by atoms with van der Waals surface area (Å²) < 4.78 is 2.11. The monoisotopic (exact) mass is 340 g/mol. The molecule has 1 aromatic carbocycles. The van der Waals surface area contributed by atoms with E-state index in [1.165, 1.54) is 22.6 Å². The number of hydrogen-bond acceptors (Lipinski definition) is 4. The molecule has 0 atom stereocenters. The van der Waals surface area contributed by atoms with Gasteiger partial charge in [0, 0.05) is 11.9 Å². The number of hydrogen-bond donors (Lipinski definition) is 1. The highest BCUT2D eigenvalue weighted by Crippen LogP contribution is 2.39. The molecule has 0 aliphatic heterocycles. The average molecular weight is 340 g/mol. The molecule has 1 N–H and O–H groups in total. The van der Waals surface area contributed by atoms with Crippen LogP contribution < -0.4 is 5.32 Å². The van der Waals surface area contributed by atoms with Crippen LogP contribution in [0.1, 0.15) is 43.3 Å². The van der Waals surface area contributed by atoms with Crippen molar-refractivity contribution in [3.8, 4) is 0 Å². The molecule has 0 spiro atoms. The molecule has 24 heavy (non-hydrogen) atoms. The van der Waals surface area contributed by atoms with Crippen molar-refractivity contribution in [1.82, 2.24) is 14.5 Å². The van der Waals surface area contributed by atoms with Crippen LogP contribution in [0.15, 0.2) is 18.2 Å². The molecule has 1 aliphatic carbocycles. The Labute approximate surface area is 146 Å². The summed E-state index contributed by atoms with van der Waals surface area (Å²) in [6.07, 6.45) is 4.46. The molecule has 0 bridgehead atoms. The van der Waals surface area contributed by atoms with Crippen LogP contribution in [-0.4, -0.2) is 14.5 Å². The number of rotatable bonds is 3. The van der Waals surface area contributed by atoms with E-state index in [1.54, 1.807) is 11.3 Å². The first-order chi connectivity index (χ1) is 11.4. The number of imidazole rings is 1. The van der Waals surface area contributed by atoms with Gasteiger partial charge in [0.1, 0.15) is 0 Å². The van der Waals surface area contributed by atoms with Crippen LogP contribution in [0.2, 0.25) is 0 Å². The molecule has 2 heterocycles. The second kappa shape index (κ2) is 5.59. The zero-order chi connectivity index (χ0) is 16.9. The Morgan fingerprint density at radius 3 is 2.92 bits per heavy atom. The number of nitrogens with one attached hydrogen (secondary N) is 1. The van der Waals surface area contributed by atoms with Crippen molar-refractivity contribution in [3.05, 3.63) is 34.3 Å². The highest BCUT2D eigenvalue weighted by atomic mass is 32.1. The third-order valence-electron chi connectivity index (χ3n) is 5.03. The van der Waals surface area contributed by atoms with Crippen LogP contribution in [0.25, 0.3) is 11.0 Å². The number of anilines is 2. The lowest BCUT2D eigenvalue weighted by Gasteiger charge is -2.28. The number of benzene rings is 1. The fraction of sp³-hybridized carbons (Fsp3) is 0.474. The molecule has 3 aromatic rings. The molecule has 0 fully saturated rings. The maximum absolute atomic E-state index is 4.81. The predicted molar refractivity (Wildman–Crippen MR) is 101 cm³/mol. The quantitative estimate of drug-likeness (QED) is 0.741. The van der Waals surface area contributed by atoms with Crippen LogP contribution >= 0.6 is 11.3 Å². The predicted octanol–water partition coefficient (Wildman–Crippen LogP) is 4.85. The van der Waals surface area contributed by atoms with Crippen molar-refractivity contribution in [2.24, 2.45) is 12.5 Å². The summed E-state index contributed by atoms with van der Waals surface area (Å²) in [6, 6.07) is 6.51. The summed E-state index contributed by atoms with van der Waals surface area (Å²) >= 11 is 1.78. The van der Waals surface area contributed by atoms with E-state index in [-0.39, 0.29) is 0 Å². The van der Waals surface area contributed by atoms with Gasteiger partial charge in [0.25, 0.3) is 0 Å². The topological polar surface area (TPSA) is 42.7 Å². The van der Waals surface area contributed by atoms with Crippen LogP contribution in [0.5, 0.6) is 0 Å². The minimum atomic E-state index is 0.394. The zero-order valence-corrected chi connectivity index (χ0v) is 15.6. The minimum absolute atomic E-state index is 0.394. The van der Waals surface area contributed by atoms with Crippen molar-refractivity contribution in [2.75, 3.05) is 5.32 Å². The van der Waals surface area contributed by atoms with Gasteiger partial charge >= 0.3 is 0 Å². The third kappa shape index (κ3) is 2.71. The van der Waals surface area contributed by atoms with E-state index in [1.807, 2.05) is 0 Å². The van der Waals surface area contributed by atoms with Gasteiger partial charge in [0.2, 0.25) is 5.95 Å². The fourth-order valence-electron chi connectivity index (χ4n) is 3.42. The SMILES string of the molecule is CCc1ccc2c(c1)nc(Nc1nc3c(s1)CC(C)(C)CC3)n2C. The molecule has 2 aromatic heterocycles. The summed E-state index contributed by atoms with van der Waals surface area (Å²) in [7, 11) is 2.06. The molecule has 0 saturated carbocycles. The largest absolute Gasteiger partial charge is 0.313 e. The lowest BCUT2D eigenvalue weighted by atomic mass is 9.79. The summed E-state index contributed by atoms with van der Waals surface area (Å²) in [4.78, 5) is 11.0. The molecule has 1 aliphatic rings. The second-order valence-electron chi connectivity index (χ2n) is 7.53. The van der Waals surface area contributed by atoms with Gasteiger partial charge in [0.05, 0.1) is 16.7 Å². The Hall–Kier alpha value is -1.88. The summed E-state index contributed by atoms with van der Waals surface area (Å²) in [6.45, 7) is 6.87. The Bertz CT molecular complexity index is 904. The molecule has 5 heteroatoms. The van der Waals surface area contributed by atoms with E-state index < -0.39 is 0 Å². The maximum Gasteiger partial charge on any atom is 0.209 e. The van der Waals surface area contributed by atoms with Crippen molar-refractivity contribution in [2.45, 2.75) is 46.5 Å². The van der Waals surface area contributed by atoms with Crippen molar-refractivity contribution >= 4 is 33.5 Å². The fourth-order valence-corrected chi connectivity index (χ4v) is 4.68. The van der Waals surface area contributed by atoms with Gasteiger partial charge in [0.15, 0.2) is 5.13 Å². The maximum atomic E-state index is 4.81. The van der Waals surface area contributed by atoms with Crippen LogP contribution in [0.3, 0.4) is 0 Å². The van der Waals surface area contributed by atoms with Crippen LogP contribution in [0.4, 0.5) is 11.1 Å². The van der Waals surface area contributed by atoms with Gasteiger partial charge in [-0.3, -0.25) is 0 Å². The Morgan fingerprint density at radius 2 is 2.12 bits per heavy atom. The zero-order valence-electron chi connectivity index (χ0n) is 14.8. The molecule has 4 nitrogen and oxygen atoms in total. The van der Waals surface area contributed by atoms with Crippen LogP contribution in [-0.2, 0) is 26.3 Å². The molecule has 4 rings (SSSR count). The smallest absolute Gasteiger partial charge is 0.209 e. The molecular weight excluding hydrogens is 316 g/mol. The molecule has 0 unspecified atom stereocenters. The normalized spacial score (nSPS) is 16.3. The summed E-state index contributed by atoms with van der Waals surface area (Å²) in [5, 5.41) is 4.41. The Morgan fingerprint density at radius 1 is 1.29 bits per heavy atom. The lowest BCUT2D eigenvalue weighted by molar-refractivity contribution is 0.316. The van der Waals surface area contributed by atoms with Gasteiger partial charge in [-0.25, -0.2) is 9.97 Å². The third-order valence-corrected chi connectivity index (χ3v) is 6.04. The average Bonchev–Trinajstić information content (AvgIpc) is 3.07. The van der Waals surface area contributed by atoms with Gasteiger partial charge < -0.3 is 9.88 Å². The highest BCUT2D eigenvalue weighted by Gasteiger charge is 2.28. The first kappa shape index (κ1) is 15.6. The highest BCUT2D eigenvalue weighted by molar-refractivity contribution is 7.15. The van der Waals surface area contributed by atoms with Crippen molar-refractivity contribution in [3.63, 3.8) is 0 Å². The first-order valence-electron chi connectivity index (χ1n) is 8.66. The van der Waals surface area contributed by atoms with Gasteiger partial charge in [-0.15, -0.1) is 11.3 Å². The van der Waals surface area contributed by atoms with Gasteiger partial charge in [-0.05, 0) is 48.8 Å². The minimum Gasteiger partial charge on any atom is -0.313 e. The number of aryl methyl sites for hydroxylation is 3. The van der Waals surface area contributed by atoms with Crippen molar-refractivity contribution in [1.29, 1.82) is 0 Å². The van der Waals surface area contributed by atoms with E-state index in [0.29, 0.717) is 5.41 Å². The first-order valence-corrected chi connectivity index (χ1v) is 9.48. The summed E-state index contributed by atoms with van der Waals surface area (Å²) in [5.74, 6) is 0.864. The Kier molecular flexibility index (Phi) is 3.64. The van der Waals surface area contributed by atoms with E-state index in [2.05, 4.69) is 55.9 Å². The van der Waals surface area contributed by atoms with Gasteiger partial charge in [-0.2, -0.15) is 0 Å². The van der Waals surface area contributed by atoms with E-state index in [4.69, 9.17) is 9.97 Å². The van der Waals surface area contributed by atoms with E-state index in [9.17, 15) is 0 Å². The second-order valence-corrected chi connectivity index (χ2v) is 8.61. The molecule has 0 amide bonds. The Balaban J connectivity index is 1.65. The van der Waals surface area contributed by atoms with E-state index >= 15 is 0 Å². The standard InChI is InChI=1S/C19H24N4S/c1-5-12-6-7-15-14(10-12)20-17(23(15)4)22-18-21-13-8-9-19(2,3)11-16(13)24-18/h6-7,10H,5,8-9,11H2,1-4H3,(H,20,21,22). The van der Waals surface area contributed by atoms with E-state index in [0.717, 1.165) is 41.4 Å². The molecule has 0 radical (unpaired) electrons. The number of aromatic nitrogens is 3. The molecule has 126 valence electrons.